The Morgan fingerprint density at radius 2 is 1.94 bits per heavy atom. The van der Waals surface area contributed by atoms with E-state index in [2.05, 4.69) is 38.4 Å². The molecular weight excluding hydrogens is 392 g/mol. The van der Waals surface area contributed by atoms with Crippen molar-refractivity contribution in [3.63, 3.8) is 0 Å². The van der Waals surface area contributed by atoms with Gasteiger partial charge in [0.25, 0.3) is 0 Å². The lowest BCUT2D eigenvalue weighted by molar-refractivity contribution is 0.122. The van der Waals surface area contributed by atoms with Gasteiger partial charge in [0.1, 0.15) is 18.4 Å². The second-order valence-corrected chi connectivity index (χ2v) is 7.00. The van der Waals surface area contributed by atoms with E-state index < -0.39 is 0 Å². The summed E-state index contributed by atoms with van der Waals surface area (Å²) in [5.74, 6) is 1.00. The number of aromatic nitrogens is 2. The average molecular weight is 416 g/mol. The number of nitrogens with two attached hydrogens (primary N) is 1. The van der Waals surface area contributed by atoms with Crippen molar-refractivity contribution >= 4 is 17.3 Å². The Hall–Kier alpha value is -3.67. The molecule has 0 atom stereocenters. The zero-order valence-corrected chi connectivity index (χ0v) is 17.1. The molecule has 3 N–H and O–H groups in total. The van der Waals surface area contributed by atoms with Crippen LogP contribution in [0.2, 0.25) is 0 Å². The Bertz CT molecular complexity index is 1060. The molecule has 1 fully saturated rings. The molecule has 3 aromatic rings. The lowest BCUT2D eigenvalue weighted by Gasteiger charge is -2.28. The first-order chi connectivity index (χ1) is 15.3. The molecule has 0 amide bonds. The maximum absolute atomic E-state index is 9.44. The summed E-state index contributed by atoms with van der Waals surface area (Å²) in [6, 6.07) is 17.6. The van der Waals surface area contributed by atoms with Gasteiger partial charge in [-0.25, -0.2) is 9.97 Å². The Morgan fingerprint density at radius 3 is 2.68 bits per heavy atom. The van der Waals surface area contributed by atoms with Crippen LogP contribution in [0.1, 0.15) is 5.56 Å². The third kappa shape index (κ3) is 5.09. The molecule has 4 rings (SSSR count). The van der Waals surface area contributed by atoms with E-state index in [0.717, 1.165) is 37.6 Å². The maximum atomic E-state index is 9.44. The summed E-state index contributed by atoms with van der Waals surface area (Å²) < 4.78 is 10.9. The van der Waals surface area contributed by atoms with Crippen LogP contribution in [0.3, 0.4) is 0 Å². The average Bonchev–Trinajstić information content (AvgIpc) is 2.84. The van der Waals surface area contributed by atoms with E-state index in [9.17, 15) is 5.26 Å². The van der Waals surface area contributed by atoms with Crippen LogP contribution >= 0.6 is 0 Å². The number of nitriles is 1. The number of hydrogen-bond donors (Lipinski definition) is 2. The number of ether oxygens (including phenoxy) is 2. The zero-order valence-electron chi connectivity index (χ0n) is 17.1. The van der Waals surface area contributed by atoms with Crippen molar-refractivity contribution in [3.05, 3.63) is 60.3 Å². The van der Waals surface area contributed by atoms with Crippen LogP contribution in [0.25, 0.3) is 11.3 Å². The number of hydrogen-bond acceptors (Lipinski definition) is 8. The number of morpholine rings is 1. The summed E-state index contributed by atoms with van der Waals surface area (Å²) in [7, 11) is 0. The largest absolute Gasteiger partial charge is 0.491 e. The fraction of sp³-hybridized carbons (Fsp3) is 0.261. The Morgan fingerprint density at radius 1 is 1.13 bits per heavy atom. The molecule has 8 nitrogen and oxygen atoms in total. The van der Waals surface area contributed by atoms with Crippen molar-refractivity contribution in [2.24, 2.45) is 5.73 Å². The molecule has 1 saturated heterocycles. The second kappa shape index (κ2) is 9.89. The van der Waals surface area contributed by atoms with Gasteiger partial charge in [0.2, 0.25) is 5.95 Å². The summed E-state index contributed by atoms with van der Waals surface area (Å²) in [6.07, 6.45) is 1.69. The van der Waals surface area contributed by atoms with Crippen LogP contribution < -0.4 is 20.7 Å². The third-order valence-electron chi connectivity index (χ3n) is 4.93. The smallest absolute Gasteiger partial charge is 0.227 e. The van der Waals surface area contributed by atoms with Gasteiger partial charge < -0.3 is 25.4 Å². The van der Waals surface area contributed by atoms with Gasteiger partial charge in [-0.1, -0.05) is 0 Å². The summed E-state index contributed by atoms with van der Waals surface area (Å²) in [5.41, 5.74) is 9.51. The van der Waals surface area contributed by atoms with E-state index >= 15 is 0 Å². The number of benzene rings is 2. The minimum Gasteiger partial charge on any atom is -0.491 e. The Balaban J connectivity index is 1.49. The fourth-order valence-electron chi connectivity index (χ4n) is 3.36. The van der Waals surface area contributed by atoms with Gasteiger partial charge in [0.05, 0.1) is 24.5 Å². The molecule has 2 aromatic carbocycles. The van der Waals surface area contributed by atoms with E-state index in [1.807, 2.05) is 24.3 Å². The summed E-state index contributed by atoms with van der Waals surface area (Å²) >= 11 is 0. The van der Waals surface area contributed by atoms with Gasteiger partial charge in [0.15, 0.2) is 0 Å². The minimum absolute atomic E-state index is 0.361. The monoisotopic (exact) mass is 416 g/mol. The van der Waals surface area contributed by atoms with Crippen molar-refractivity contribution in [1.82, 2.24) is 9.97 Å². The summed E-state index contributed by atoms with van der Waals surface area (Å²) in [4.78, 5) is 11.2. The van der Waals surface area contributed by atoms with Crippen molar-refractivity contribution in [2.45, 2.75) is 0 Å². The van der Waals surface area contributed by atoms with Crippen molar-refractivity contribution in [2.75, 3.05) is 49.7 Å². The zero-order chi connectivity index (χ0) is 21.5. The lowest BCUT2D eigenvalue weighted by Crippen LogP contribution is -2.36. The minimum atomic E-state index is 0.361. The first-order valence-electron chi connectivity index (χ1n) is 10.2. The van der Waals surface area contributed by atoms with Crippen molar-refractivity contribution in [3.8, 4) is 23.1 Å². The van der Waals surface area contributed by atoms with E-state index in [-0.39, 0.29) is 0 Å². The molecule has 31 heavy (non-hydrogen) atoms. The molecule has 2 heterocycles. The van der Waals surface area contributed by atoms with E-state index in [1.54, 1.807) is 18.3 Å². The van der Waals surface area contributed by atoms with Crippen LogP contribution in [0.15, 0.2) is 54.7 Å². The number of nitrogens with one attached hydrogen (secondary N) is 1. The highest BCUT2D eigenvalue weighted by Crippen LogP contribution is 2.26. The molecule has 0 aliphatic carbocycles. The third-order valence-corrected chi connectivity index (χ3v) is 4.93. The Kier molecular flexibility index (Phi) is 6.57. The first kappa shape index (κ1) is 20.6. The van der Waals surface area contributed by atoms with Crippen LogP contribution in [0, 0.1) is 11.3 Å². The number of rotatable bonds is 7. The highest BCUT2D eigenvalue weighted by molar-refractivity contribution is 5.66. The van der Waals surface area contributed by atoms with Crippen LogP contribution in [-0.4, -0.2) is 49.4 Å². The van der Waals surface area contributed by atoms with Gasteiger partial charge in [-0.05, 0) is 48.5 Å². The molecular formula is C23H24N6O2. The predicted octanol–water partition coefficient (Wildman–Crippen LogP) is 2.93. The molecule has 1 aliphatic heterocycles. The van der Waals surface area contributed by atoms with Gasteiger partial charge in [0, 0.05) is 42.8 Å². The van der Waals surface area contributed by atoms with Gasteiger partial charge in [-0.3, -0.25) is 0 Å². The van der Waals surface area contributed by atoms with Crippen LogP contribution in [0.4, 0.5) is 17.3 Å². The van der Waals surface area contributed by atoms with Crippen LogP contribution in [-0.2, 0) is 4.74 Å². The van der Waals surface area contributed by atoms with Crippen LogP contribution in [0.5, 0.6) is 5.75 Å². The highest BCUT2D eigenvalue weighted by Gasteiger charge is 2.11. The number of anilines is 3. The van der Waals surface area contributed by atoms with Gasteiger partial charge >= 0.3 is 0 Å². The standard InChI is InChI=1S/C23H24N6O2/c24-8-12-31-22-6-1-17(15-18(22)16-25)21-7-9-26-23(28-21)27-19-2-4-20(5-3-19)29-10-13-30-14-11-29/h1-7,9,15H,8,10-14,24H2,(H,26,27,28). The lowest BCUT2D eigenvalue weighted by atomic mass is 10.1. The van der Waals surface area contributed by atoms with Gasteiger partial charge in [-0.2, -0.15) is 5.26 Å². The fourth-order valence-corrected chi connectivity index (χ4v) is 3.36. The topological polar surface area (TPSA) is 109 Å². The van der Waals surface area contributed by atoms with E-state index in [1.165, 1.54) is 5.69 Å². The van der Waals surface area contributed by atoms with E-state index in [0.29, 0.717) is 36.1 Å². The molecule has 0 spiro atoms. The maximum Gasteiger partial charge on any atom is 0.227 e. The second-order valence-electron chi connectivity index (χ2n) is 7.00. The Labute approximate surface area is 181 Å². The first-order valence-corrected chi connectivity index (χ1v) is 10.2. The quantitative estimate of drug-likeness (QED) is 0.605. The molecule has 8 heteroatoms. The number of nitrogens with zero attached hydrogens (tertiary/aromatic N) is 4. The normalized spacial score (nSPS) is 13.5. The van der Waals surface area contributed by atoms with Gasteiger partial charge in [-0.15, -0.1) is 0 Å². The molecule has 0 bridgehead atoms. The van der Waals surface area contributed by atoms with Crippen molar-refractivity contribution in [1.29, 1.82) is 5.26 Å². The molecule has 0 saturated carbocycles. The summed E-state index contributed by atoms with van der Waals surface area (Å²) in [6.45, 7) is 4.07. The predicted molar refractivity (Wildman–Crippen MR) is 119 cm³/mol. The SMILES string of the molecule is N#Cc1cc(-c2ccnc(Nc3ccc(N4CCOCC4)cc3)n2)ccc1OCCN. The van der Waals surface area contributed by atoms with E-state index in [4.69, 9.17) is 15.2 Å². The molecule has 0 radical (unpaired) electrons. The molecule has 158 valence electrons. The molecule has 0 unspecified atom stereocenters. The molecule has 1 aromatic heterocycles. The highest BCUT2D eigenvalue weighted by atomic mass is 16.5. The molecule has 1 aliphatic rings. The van der Waals surface area contributed by atoms with Crippen molar-refractivity contribution < 1.29 is 9.47 Å². The summed E-state index contributed by atoms with van der Waals surface area (Å²) in [5, 5.41) is 12.7.